The number of sulfonamides is 1. The van der Waals surface area contributed by atoms with Crippen LogP contribution < -0.4 is 4.31 Å². The van der Waals surface area contributed by atoms with Gasteiger partial charge in [0.25, 0.3) is 0 Å². The number of halogens is 3. The van der Waals surface area contributed by atoms with Crippen LogP contribution in [0.15, 0.2) is 46.1 Å². The zero-order valence-electron chi connectivity index (χ0n) is 17.4. The molecular weight excluding hydrogens is 490 g/mol. The molecule has 1 aliphatic rings. The minimum absolute atomic E-state index is 0.0523. The van der Waals surface area contributed by atoms with Crippen LogP contribution in [0.3, 0.4) is 0 Å². The number of aliphatic hydroxyl groups excluding tert-OH is 1. The van der Waals surface area contributed by atoms with Crippen LogP contribution in [0.2, 0.25) is 10.0 Å². The average molecular weight is 511 g/mol. The van der Waals surface area contributed by atoms with Crippen LogP contribution in [0, 0.1) is 0 Å². The molecule has 0 amide bonds. The van der Waals surface area contributed by atoms with Crippen molar-refractivity contribution >= 4 is 60.4 Å². The van der Waals surface area contributed by atoms with Gasteiger partial charge in [-0.2, -0.15) is 0 Å². The number of nitrogens with zero attached hydrogens (tertiary/aromatic N) is 2. The molecule has 0 saturated heterocycles. The van der Waals surface area contributed by atoms with E-state index in [1.54, 1.807) is 0 Å². The van der Waals surface area contributed by atoms with Gasteiger partial charge in [0.1, 0.15) is 10.6 Å². The predicted octanol–water partition coefficient (Wildman–Crippen LogP) is 4.65. The lowest BCUT2D eigenvalue weighted by Gasteiger charge is -2.34. The van der Waals surface area contributed by atoms with Gasteiger partial charge in [-0.3, -0.25) is 9.30 Å². The summed E-state index contributed by atoms with van der Waals surface area (Å²) in [4.78, 5) is 3.12. The molecule has 0 radical (unpaired) electrons. The summed E-state index contributed by atoms with van der Waals surface area (Å²) in [6.07, 6.45) is 1.88. The molecule has 7 nitrogen and oxygen atoms in total. The number of aliphatic imine (C=N–C) groups is 1. The molecule has 0 aliphatic carbocycles. The molecule has 12 heteroatoms. The maximum Gasteiger partial charge on any atom is 0.232 e. The van der Waals surface area contributed by atoms with Gasteiger partial charge in [0, 0.05) is 18.2 Å². The van der Waals surface area contributed by atoms with Crippen molar-refractivity contribution in [3.05, 3.63) is 56.7 Å². The van der Waals surface area contributed by atoms with Gasteiger partial charge in [-0.25, -0.2) is 21.2 Å². The SMILES string of the molecule is C=NC1=C(/C=C(\C)F)C(C)(C)S(=O)(=O)C(c2ccc(Cl)c(N(C)S(C)(=O)=O)c2Cl)=C1O. The number of sulfone groups is 1. The molecule has 1 aliphatic heterocycles. The quantitative estimate of drug-likeness (QED) is 0.580. The molecule has 1 heterocycles. The van der Waals surface area contributed by atoms with E-state index in [-0.39, 0.29) is 32.6 Å². The lowest BCUT2D eigenvalue weighted by atomic mass is 9.96. The zero-order valence-corrected chi connectivity index (χ0v) is 20.5. The summed E-state index contributed by atoms with van der Waals surface area (Å²) in [6, 6.07) is 2.50. The smallest absolute Gasteiger partial charge is 0.232 e. The standard InChI is InChI=1S/C19H21Cl2FN2O5S2/c1-10(22)9-12-15(23-4)17(25)18(31(28,29)19(12,2)3)11-7-8-13(20)16(14(11)21)24(5)30(6,26)27/h7-9,25H,4H2,1-3,5-6H3/b10-9+. The second-order valence-electron chi connectivity index (χ2n) is 7.33. The Labute approximate surface area is 191 Å². The first-order valence-electron chi connectivity index (χ1n) is 8.65. The minimum atomic E-state index is -4.38. The molecule has 0 spiro atoms. The number of hydrogen-bond acceptors (Lipinski definition) is 6. The Morgan fingerprint density at radius 2 is 1.87 bits per heavy atom. The van der Waals surface area contributed by atoms with Crippen LogP contribution in [0.25, 0.3) is 4.91 Å². The van der Waals surface area contributed by atoms with E-state index in [1.807, 2.05) is 0 Å². The third-order valence-corrected chi connectivity index (χ3v) is 9.29. The fraction of sp³-hybridized carbons (Fsp3) is 0.316. The second kappa shape index (κ2) is 8.23. The maximum absolute atomic E-state index is 13.7. The molecule has 2 rings (SSSR count). The van der Waals surface area contributed by atoms with Gasteiger partial charge in [-0.05, 0) is 39.6 Å². The highest BCUT2D eigenvalue weighted by Gasteiger charge is 2.48. The predicted molar refractivity (Wildman–Crippen MR) is 124 cm³/mol. The topological polar surface area (TPSA) is 104 Å². The summed E-state index contributed by atoms with van der Waals surface area (Å²) >= 11 is 12.5. The zero-order chi connectivity index (χ0) is 24.1. The summed E-state index contributed by atoms with van der Waals surface area (Å²) in [5.74, 6) is -1.49. The molecule has 170 valence electrons. The summed E-state index contributed by atoms with van der Waals surface area (Å²) < 4.78 is 63.8. The van der Waals surface area contributed by atoms with Crippen molar-refractivity contribution < 1.29 is 26.3 Å². The Bertz CT molecular complexity index is 1280. The van der Waals surface area contributed by atoms with E-state index in [9.17, 15) is 26.3 Å². The van der Waals surface area contributed by atoms with E-state index < -0.39 is 41.1 Å². The number of hydrogen-bond donors (Lipinski definition) is 1. The number of aliphatic hydroxyl groups is 1. The Hall–Kier alpha value is -1.88. The van der Waals surface area contributed by atoms with Crippen LogP contribution >= 0.6 is 23.2 Å². The van der Waals surface area contributed by atoms with Gasteiger partial charge in [-0.1, -0.05) is 29.3 Å². The van der Waals surface area contributed by atoms with Crippen LogP contribution in [-0.4, -0.2) is 46.7 Å². The number of benzene rings is 1. The van der Waals surface area contributed by atoms with Crippen molar-refractivity contribution in [2.45, 2.75) is 25.5 Å². The molecule has 0 saturated carbocycles. The van der Waals surface area contributed by atoms with Crippen LogP contribution in [0.4, 0.5) is 10.1 Å². The van der Waals surface area contributed by atoms with Crippen LogP contribution in [0.5, 0.6) is 0 Å². The molecule has 0 bridgehead atoms. The average Bonchev–Trinajstić information content (AvgIpc) is 2.61. The number of rotatable bonds is 5. The van der Waals surface area contributed by atoms with Gasteiger partial charge < -0.3 is 5.11 Å². The molecule has 0 aromatic heterocycles. The largest absolute Gasteiger partial charge is 0.504 e. The van der Waals surface area contributed by atoms with Gasteiger partial charge in [-0.15, -0.1) is 0 Å². The van der Waals surface area contributed by atoms with Crippen molar-refractivity contribution in [3.63, 3.8) is 0 Å². The van der Waals surface area contributed by atoms with E-state index in [2.05, 4.69) is 11.7 Å². The Balaban J connectivity index is 3.05. The highest BCUT2D eigenvalue weighted by atomic mass is 35.5. The third kappa shape index (κ3) is 4.13. The Morgan fingerprint density at radius 3 is 2.32 bits per heavy atom. The lowest BCUT2D eigenvalue weighted by molar-refractivity contribution is 0.421. The van der Waals surface area contributed by atoms with Gasteiger partial charge >= 0.3 is 0 Å². The Morgan fingerprint density at radius 1 is 1.32 bits per heavy atom. The molecule has 0 atom stereocenters. The summed E-state index contributed by atoms with van der Waals surface area (Å²) in [5, 5.41) is 10.5. The third-order valence-electron chi connectivity index (χ3n) is 4.91. The normalized spacial score (nSPS) is 18.9. The van der Waals surface area contributed by atoms with Crippen molar-refractivity contribution in [1.82, 2.24) is 0 Å². The number of allylic oxidation sites excluding steroid dienone is 2. The first-order chi connectivity index (χ1) is 14.0. The van der Waals surface area contributed by atoms with E-state index in [1.165, 1.54) is 33.0 Å². The molecule has 1 aromatic rings. The molecule has 0 fully saturated rings. The van der Waals surface area contributed by atoms with E-state index >= 15 is 0 Å². The summed E-state index contributed by atoms with van der Waals surface area (Å²) in [7, 11) is -6.98. The molecular formula is C19H21Cl2FN2O5S2. The van der Waals surface area contributed by atoms with E-state index in [4.69, 9.17) is 23.2 Å². The fourth-order valence-electron chi connectivity index (χ4n) is 3.09. The van der Waals surface area contributed by atoms with Gasteiger partial charge in [0.2, 0.25) is 10.0 Å². The number of anilines is 1. The van der Waals surface area contributed by atoms with Crippen molar-refractivity contribution in [1.29, 1.82) is 0 Å². The first kappa shape index (κ1) is 25.4. The summed E-state index contributed by atoms with van der Waals surface area (Å²) in [5.41, 5.74) is -0.694. The molecule has 1 N–H and O–H groups in total. The van der Waals surface area contributed by atoms with Crippen LogP contribution in [-0.2, 0) is 19.9 Å². The first-order valence-corrected chi connectivity index (χ1v) is 12.7. The highest BCUT2D eigenvalue weighted by molar-refractivity contribution is 8.02. The van der Waals surface area contributed by atoms with Gasteiger partial charge in [0.05, 0.1) is 32.6 Å². The maximum atomic E-state index is 13.7. The minimum Gasteiger partial charge on any atom is -0.504 e. The van der Waals surface area contributed by atoms with E-state index in [0.717, 1.165) is 23.6 Å². The van der Waals surface area contributed by atoms with E-state index in [0.29, 0.717) is 0 Å². The highest BCUT2D eigenvalue weighted by Crippen LogP contribution is 2.49. The monoisotopic (exact) mass is 510 g/mol. The van der Waals surface area contributed by atoms with Crippen molar-refractivity contribution in [3.8, 4) is 0 Å². The van der Waals surface area contributed by atoms with Crippen LogP contribution in [0.1, 0.15) is 26.3 Å². The second-order valence-corrected chi connectivity index (χ2v) is 12.6. The fourth-order valence-corrected chi connectivity index (χ4v) is 6.25. The van der Waals surface area contributed by atoms with Gasteiger partial charge in [0.15, 0.2) is 15.6 Å². The molecule has 1 aromatic carbocycles. The van der Waals surface area contributed by atoms with Crippen molar-refractivity contribution in [2.24, 2.45) is 4.99 Å². The summed E-state index contributed by atoms with van der Waals surface area (Å²) in [6.45, 7) is 7.12. The lowest BCUT2D eigenvalue weighted by Crippen LogP contribution is -2.38. The molecule has 0 unspecified atom stereocenters. The van der Waals surface area contributed by atoms with Crippen molar-refractivity contribution in [2.75, 3.05) is 17.6 Å². The molecule has 31 heavy (non-hydrogen) atoms. The Kier molecular flexibility index (Phi) is 6.74.